The van der Waals surface area contributed by atoms with Crippen LogP contribution < -0.4 is 0 Å². The molecule has 1 unspecified atom stereocenters. The van der Waals surface area contributed by atoms with Crippen LogP contribution in [-0.2, 0) is 0 Å². The second-order valence-electron chi connectivity index (χ2n) is 9.33. The molecule has 1 aliphatic rings. The van der Waals surface area contributed by atoms with Gasteiger partial charge in [-0.1, -0.05) is 19.9 Å². The fourth-order valence-corrected chi connectivity index (χ4v) is 5.06. The zero-order valence-electron chi connectivity index (χ0n) is 18.9. The molecule has 160 valence electrons. The minimum atomic E-state index is -0.256. The average Bonchev–Trinajstić information content (AvgIpc) is 3.11. The first kappa shape index (κ1) is 21.0. The van der Waals surface area contributed by atoms with Crippen LogP contribution in [-0.4, -0.2) is 40.7 Å². The second-order valence-corrected chi connectivity index (χ2v) is 9.33. The van der Waals surface area contributed by atoms with Crippen LogP contribution >= 0.6 is 0 Å². The number of rotatable bonds is 5. The van der Waals surface area contributed by atoms with E-state index >= 15 is 0 Å². The number of benzene rings is 1. The van der Waals surface area contributed by atoms with E-state index in [1.54, 1.807) is 0 Å². The first-order valence-corrected chi connectivity index (χ1v) is 11.3. The van der Waals surface area contributed by atoms with Gasteiger partial charge in [-0.15, -0.1) is 0 Å². The topological polar surface area (TPSA) is 31.9 Å². The van der Waals surface area contributed by atoms with Crippen LogP contribution in [0, 0.1) is 13.8 Å². The molecule has 0 aliphatic carbocycles. The van der Waals surface area contributed by atoms with E-state index in [2.05, 4.69) is 72.9 Å². The van der Waals surface area contributed by atoms with E-state index in [4.69, 9.17) is 0 Å². The zero-order chi connectivity index (χ0) is 21.4. The fraction of sp³-hybridized carbons (Fsp3) is 0.500. The summed E-state index contributed by atoms with van der Waals surface area (Å²) in [6, 6.07) is 11.3. The molecule has 4 rings (SSSR count). The number of likely N-dealkylation sites (tertiary alicyclic amines) is 1. The maximum atomic E-state index is 13.0. The van der Waals surface area contributed by atoms with Crippen LogP contribution in [0.15, 0.2) is 30.3 Å². The summed E-state index contributed by atoms with van der Waals surface area (Å²) in [7, 11) is 0. The van der Waals surface area contributed by atoms with Gasteiger partial charge in [-0.2, -0.15) is 0 Å². The molecular weight excluding hydrogens is 373 g/mol. The molecule has 1 saturated heterocycles. The largest absolute Gasteiger partial charge is 0.354 e. The van der Waals surface area contributed by atoms with Gasteiger partial charge in [0.05, 0.1) is 5.69 Å². The van der Waals surface area contributed by atoms with Crippen molar-refractivity contribution in [2.24, 2.45) is 0 Å². The lowest BCUT2D eigenvalue weighted by atomic mass is 9.87. The van der Waals surface area contributed by atoms with Crippen LogP contribution in [0.4, 0.5) is 4.39 Å². The monoisotopic (exact) mass is 407 g/mol. The number of alkyl halides is 1. The standard InChI is InChI=1S/C26H34FN3/c1-16(2)25-23-14-21(20-8-10-30(11-9-20)19(5)15-27)6-7-24(23)29-26(25)22-12-17(3)28-18(4)13-22/h6-7,12-14,16,19-20,29H,8-11,15H2,1-5H3. The number of aromatic nitrogens is 2. The molecular formula is C26H34FN3. The van der Waals surface area contributed by atoms with Gasteiger partial charge in [-0.05, 0) is 93.9 Å². The lowest BCUT2D eigenvalue weighted by Crippen LogP contribution is -2.40. The van der Waals surface area contributed by atoms with E-state index in [0.29, 0.717) is 11.8 Å². The lowest BCUT2D eigenvalue weighted by molar-refractivity contribution is 0.140. The molecule has 4 heteroatoms. The third kappa shape index (κ3) is 4.02. The molecule has 1 aromatic carbocycles. The van der Waals surface area contributed by atoms with Crippen molar-refractivity contribution in [1.29, 1.82) is 0 Å². The Labute approximate surface area is 179 Å². The molecule has 0 radical (unpaired) electrons. The van der Waals surface area contributed by atoms with Crippen LogP contribution in [0.25, 0.3) is 22.2 Å². The molecule has 1 aliphatic heterocycles. The highest BCUT2D eigenvalue weighted by Crippen LogP contribution is 2.38. The zero-order valence-corrected chi connectivity index (χ0v) is 18.9. The van der Waals surface area contributed by atoms with Crippen molar-refractivity contribution in [3.8, 4) is 11.3 Å². The summed E-state index contributed by atoms with van der Waals surface area (Å²) in [6.07, 6.45) is 2.21. The van der Waals surface area contributed by atoms with E-state index < -0.39 is 0 Å². The van der Waals surface area contributed by atoms with Gasteiger partial charge < -0.3 is 4.98 Å². The lowest BCUT2D eigenvalue weighted by Gasteiger charge is -2.35. The molecule has 3 heterocycles. The van der Waals surface area contributed by atoms with Gasteiger partial charge in [0.25, 0.3) is 0 Å². The Bertz CT molecular complexity index is 1010. The van der Waals surface area contributed by atoms with Gasteiger partial charge in [0.2, 0.25) is 0 Å². The molecule has 0 bridgehead atoms. The maximum absolute atomic E-state index is 13.0. The van der Waals surface area contributed by atoms with Gasteiger partial charge >= 0.3 is 0 Å². The number of hydrogen-bond acceptors (Lipinski definition) is 2. The quantitative estimate of drug-likeness (QED) is 0.523. The molecule has 3 nitrogen and oxygen atoms in total. The Hall–Kier alpha value is -2.20. The van der Waals surface area contributed by atoms with Crippen molar-refractivity contribution in [3.05, 3.63) is 52.8 Å². The van der Waals surface area contributed by atoms with Gasteiger partial charge in [-0.3, -0.25) is 9.88 Å². The SMILES string of the molecule is Cc1cc(-c2[nH]c3ccc(C4CCN(C(C)CF)CC4)cc3c2C(C)C)cc(C)n1. The number of nitrogens with zero attached hydrogens (tertiary/aromatic N) is 2. The molecule has 0 amide bonds. The van der Waals surface area contributed by atoms with Crippen molar-refractivity contribution in [1.82, 2.24) is 14.9 Å². The number of aromatic amines is 1. The molecule has 3 aromatic rings. The summed E-state index contributed by atoms with van der Waals surface area (Å²) < 4.78 is 13.0. The third-order valence-electron chi connectivity index (χ3n) is 6.66. The smallest absolute Gasteiger partial charge is 0.105 e. The predicted octanol–water partition coefficient (Wildman–Crippen LogP) is 6.51. The molecule has 1 atom stereocenters. The summed E-state index contributed by atoms with van der Waals surface area (Å²) in [6.45, 7) is 12.4. The Morgan fingerprint density at radius 2 is 1.73 bits per heavy atom. The number of H-pyrrole nitrogens is 1. The first-order chi connectivity index (χ1) is 14.4. The van der Waals surface area contributed by atoms with E-state index in [9.17, 15) is 4.39 Å². The van der Waals surface area contributed by atoms with E-state index in [0.717, 1.165) is 37.3 Å². The van der Waals surface area contributed by atoms with E-state index in [1.165, 1.54) is 33.3 Å². The van der Waals surface area contributed by atoms with Gasteiger partial charge in [0.15, 0.2) is 0 Å². The highest BCUT2D eigenvalue weighted by molar-refractivity contribution is 5.92. The van der Waals surface area contributed by atoms with Gasteiger partial charge in [0, 0.05) is 33.9 Å². The molecule has 2 aromatic heterocycles. The third-order valence-corrected chi connectivity index (χ3v) is 6.66. The predicted molar refractivity (Wildman–Crippen MR) is 124 cm³/mol. The summed E-state index contributed by atoms with van der Waals surface area (Å²) in [4.78, 5) is 10.5. The number of piperidine rings is 1. The van der Waals surface area contributed by atoms with Crippen molar-refractivity contribution in [2.45, 2.75) is 65.3 Å². The molecule has 30 heavy (non-hydrogen) atoms. The Morgan fingerprint density at radius 3 is 2.33 bits per heavy atom. The van der Waals surface area contributed by atoms with Crippen molar-refractivity contribution in [2.75, 3.05) is 19.8 Å². The summed E-state index contributed by atoms with van der Waals surface area (Å²) in [5.41, 5.74) is 8.55. The minimum Gasteiger partial charge on any atom is -0.354 e. The number of aryl methyl sites for hydroxylation is 2. The maximum Gasteiger partial charge on any atom is 0.105 e. The summed E-state index contributed by atoms with van der Waals surface area (Å²) in [5.74, 6) is 0.978. The Morgan fingerprint density at radius 1 is 1.07 bits per heavy atom. The van der Waals surface area contributed by atoms with Crippen LogP contribution in [0.1, 0.15) is 68.0 Å². The van der Waals surface area contributed by atoms with Crippen molar-refractivity contribution in [3.63, 3.8) is 0 Å². The van der Waals surface area contributed by atoms with E-state index in [-0.39, 0.29) is 12.7 Å². The number of halogens is 1. The number of fused-ring (bicyclic) bond motifs is 1. The number of hydrogen-bond donors (Lipinski definition) is 1. The Balaban J connectivity index is 1.70. The second kappa shape index (κ2) is 8.50. The van der Waals surface area contributed by atoms with E-state index in [1.807, 2.05) is 6.92 Å². The molecule has 0 spiro atoms. The van der Waals surface area contributed by atoms with Crippen LogP contribution in [0.2, 0.25) is 0 Å². The van der Waals surface area contributed by atoms with Gasteiger partial charge in [0.1, 0.15) is 6.67 Å². The van der Waals surface area contributed by atoms with Crippen LogP contribution in [0.3, 0.4) is 0 Å². The normalized spacial score (nSPS) is 17.2. The highest BCUT2D eigenvalue weighted by Gasteiger charge is 2.25. The molecule has 1 fully saturated rings. The highest BCUT2D eigenvalue weighted by atomic mass is 19.1. The van der Waals surface area contributed by atoms with Crippen molar-refractivity contribution < 1.29 is 4.39 Å². The molecule has 0 saturated carbocycles. The molecule has 1 N–H and O–H groups in total. The number of pyridine rings is 1. The first-order valence-electron chi connectivity index (χ1n) is 11.3. The Kier molecular flexibility index (Phi) is 5.97. The number of nitrogens with one attached hydrogen (secondary N) is 1. The van der Waals surface area contributed by atoms with Crippen LogP contribution in [0.5, 0.6) is 0 Å². The summed E-state index contributed by atoms with van der Waals surface area (Å²) >= 11 is 0. The summed E-state index contributed by atoms with van der Waals surface area (Å²) in [5, 5.41) is 1.34. The van der Waals surface area contributed by atoms with Gasteiger partial charge in [-0.25, -0.2) is 4.39 Å². The fourth-order valence-electron chi connectivity index (χ4n) is 5.06. The minimum absolute atomic E-state index is 0.0421. The van der Waals surface area contributed by atoms with Crippen molar-refractivity contribution >= 4 is 10.9 Å². The average molecular weight is 408 g/mol.